The Morgan fingerprint density at radius 1 is 1.19 bits per heavy atom. The zero-order valence-electron chi connectivity index (χ0n) is 14.7. The lowest BCUT2D eigenvalue weighted by Gasteiger charge is -2.29. The Labute approximate surface area is 153 Å². The van der Waals surface area contributed by atoms with E-state index in [4.69, 9.17) is 4.74 Å². The number of carbonyl (C=O) groups is 1. The third-order valence-corrected chi connectivity index (χ3v) is 6.24. The summed E-state index contributed by atoms with van der Waals surface area (Å²) in [6.07, 6.45) is 1.94. The molecule has 0 bridgehead atoms. The first-order valence-corrected chi connectivity index (χ1v) is 10.6. The van der Waals surface area contributed by atoms with Crippen molar-refractivity contribution in [2.45, 2.75) is 42.8 Å². The monoisotopic (exact) mass is 383 g/mol. The van der Waals surface area contributed by atoms with Crippen molar-refractivity contribution in [3.63, 3.8) is 0 Å². The van der Waals surface area contributed by atoms with Crippen LogP contribution in [0.2, 0.25) is 0 Å². The molecule has 144 valence electrons. The number of rotatable bonds is 7. The van der Waals surface area contributed by atoms with Crippen molar-refractivity contribution in [2.75, 3.05) is 19.4 Å². The van der Waals surface area contributed by atoms with Crippen molar-refractivity contribution in [3.8, 4) is 5.75 Å². The molecule has 0 aromatic heterocycles. The molecule has 3 rings (SSSR count). The van der Waals surface area contributed by atoms with E-state index in [-0.39, 0.29) is 23.3 Å². The number of hydrogen-bond donors (Lipinski definition) is 3. The summed E-state index contributed by atoms with van der Waals surface area (Å²) in [4.78, 5) is 12.2. The Morgan fingerprint density at radius 3 is 2.27 bits per heavy atom. The largest absolute Gasteiger partial charge is 0.493 e. The quantitative estimate of drug-likeness (QED) is 0.632. The van der Waals surface area contributed by atoms with Crippen molar-refractivity contribution in [1.82, 2.24) is 5.32 Å². The summed E-state index contributed by atoms with van der Waals surface area (Å²) in [5.41, 5.74) is -0.557. The van der Waals surface area contributed by atoms with Gasteiger partial charge in [-0.3, -0.25) is 4.79 Å². The number of hydrogen-bond acceptors (Lipinski definition) is 6. The summed E-state index contributed by atoms with van der Waals surface area (Å²) < 4.78 is 28.8. The molecule has 2 aliphatic rings. The topological polar surface area (TPSA) is 113 Å². The lowest BCUT2D eigenvalue weighted by Crippen LogP contribution is -2.41. The average Bonchev–Trinajstić information content (AvgIpc) is 3.38. The van der Waals surface area contributed by atoms with Crippen molar-refractivity contribution >= 4 is 15.7 Å². The fourth-order valence-electron chi connectivity index (χ4n) is 3.34. The molecular formula is C18H25NO6S. The number of carbonyl (C=O) groups excluding carboxylic acids is 1. The maximum atomic E-state index is 11.9. The van der Waals surface area contributed by atoms with E-state index in [2.05, 4.69) is 5.32 Å². The van der Waals surface area contributed by atoms with E-state index in [9.17, 15) is 23.4 Å². The van der Waals surface area contributed by atoms with Gasteiger partial charge in [-0.25, -0.2) is 8.42 Å². The summed E-state index contributed by atoms with van der Waals surface area (Å²) in [6, 6.07) is 6.11. The van der Waals surface area contributed by atoms with Crippen molar-refractivity contribution in [3.05, 3.63) is 24.3 Å². The second kappa shape index (κ2) is 7.17. The molecule has 8 heteroatoms. The van der Waals surface area contributed by atoms with Crippen LogP contribution in [0.25, 0.3) is 0 Å². The van der Waals surface area contributed by atoms with Crippen LogP contribution in [0.5, 0.6) is 5.75 Å². The van der Waals surface area contributed by atoms with Gasteiger partial charge in [-0.15, -0.1) is 0 Å². The van der Waals surface area contributed by atoms with Crippen LogP contribution < -0.4 is 10.1 Å². The number of ether oxygens (including phenoxy) is 1. The van der Waals surface area contributed by atoms with Gasteiger partial charge >= 0.3 is 0 Å². The van der Waals surface area contributed by atoms with Gasteiger partial charge in [-0.05, 0) is 49.9 Å². The van der Waals surface area contributed by atoms with Crippen LogP contribution >= 0.6 is 0 Å². The van der Waals surface area contributed by atoms with Gasteiger partial charge in [0.2, 0.25) is 5.91 Å². The van der Waals surface area contributed by atoms with Gasteiger partial charge in [-0.1, -0.05) is 0 Å². The first-order valence-electron chi connectivity index (χ1n) is 8.75. The third kappa shape index (κ3) is 4.55. The summed E-state index contributed by atoms with van der Waals surface area (Å²) >= 11 is 0. The van der Waals surface area contributed by atoms with Gasteiger partial charge in [0, 0.05) is 24.1 Å². The number of nitrogens with one attached hydrogen (secondary N) is 1. The van der Waals surface area contributed by atoms with Crippen molar-refractivity contribution in [1.29, 1.82) is 0 Å². The summed E-state index contributed by atoms with van der Waals surface area (Å²) in [5, 5.41) is 22.8. The molecule has 0 aliphatic heterocycles. The second-order valence-electron chi connectivity index (χ2n) is 7.57. The zero-order valence-corrected chi connectivity index (χ0v) is 15.5. The predicted molar refractivity (Wildman–Crippen MR) is 94.5 cm³/mol. The van der Waals surface area contributed by atoms with Crippen molar-refractivity contribution < 1.29 is 28.2 Å². The van der Waals surface area contributed by atoms with Crippen LogP contribution in [0.1, 0.15) is 25.7 Å². The Morgan fingerprint density at radius 2 is 1.77 bits per heavy atom. The van der Waals surface area contributed by atoms with E-state index in [1.54, 1.807) is 12.1 Å². The molecule has 3 N–H and O–H groups in total. The number of aliphatic hydroxyl groups excluding tert-OH is 2. The maximum absolute atomic E-state index is 11.9. The fraction of sp³-hybridized carbons (Fsp3) is 0.611. The van der Waals surface area contributed by atoms with E-state index >= 15 is 0 Å². The van der Waals surface area contributed by atoms with Gasteiger partial charge in [0.15, 0.2) is 9.84 Å². The van der Waals surface area contributed by atoms with Gasteiger partial charge in [0.1, 0.15) is 5.75 Å². The minimum atomic E-state index is -3.27. The van der Waals surface area contributed by atoms with E-state index in [1.165, 1.54) is 12.1 Å². The summed E-state index contributed by atoms with van der Waals surface area (Å²) in [6.45, 7) is 0.544. The highest BCUT2D eigenvalue weighted by molar-refractivity contribution is 7.90. The number of sulfone groups is 1. The standard InChI is InChI=1S/C18H25NO6S/c1-26(23,24)14-6-4-13(5-7-14)25-11-18(8-15(20)16(21)9-18)10-19-17(22)12-2-3-12/h4-7,12,15-16,20-21H,2-3,8-11H2,1H3,(H,19,22)/t15-,16+,18?. The minimum Gasteiger partial charge on any atom is -0.493 e. The van der Waals surface area contributed by atoms with Crippen LogP contribution in [0, 0.1) is 11.3 Å². The predicted octanol–water partition coefficient (Wildman–Crippen LogP) is 0.497. The smallest absolute Gasteiger partial charge is 0.223 e. The molecule has 7 nitrogen and oxygen atoms in total. The molecule has 2 aliphatic carbocycles. The second-order valence-corrected chi connectivity index (χ2v) is 9.58. The highest BCUT2D eigenvalue weighted by atomic mass is 32.2. The molecule has 0 saturated heterocycles. The molecule has 0 spiro atoms. The van der Waals surface area contributed by atoms with Crippen LogP contribution in [0.4, 0.5) is 0 Å². The third-order valence-electron chi connectivity index (χ3n) is 5.11. The Hall–Kier alpha value is -1.64. The highest BCUT2D eigenvalue weighted by Gasteiger charge is 2.45. The lowest BCUT2D eigenvalue weighted by molar-refractivity contribution is -0.123. The summed E-state index contributed by atoms with van der Waals surface area (Å²) in [5.74, 6) is 0.603. The lowest BCUT2D eigenvalue weighted by atomic mass is 9.86. The molecule has 3 atom stereocenters. The van der Waals surface area contributed by atoms with Crippen LogP contribution in [-0.4, -0.2) is 56.2 Å². The SMILES string of the molecule is CS(=O)(=O)c1ccc(OCC2(CNC(=O)C3CC3)C[C@@H](O)[C@@H](O)C2)cc1. The van der Waals surface area contributed by atoms with E-state index in [1.807, 2.05) is 0 Å². The van der Waals surface area contributed by atoms with Crippen LogP contribution in [0.3, 0.4) is 0 Å². The minimum absolute atomic E-state index is 0.0118. The van der Waals surface area contributed by atoms with Crippen LogP contribution in [-0.2, 0) is 14.6 Å². The van der Waals surface area contributed by atoms with Crippen molar-refractivity contribution in [2.24, 2.45) is 11.3 Å². The van der Waals surface area contributed by atoms with E-state index < -0.39 is 27.5 Å². The molecule has 1 aromatic carbocycles. The molecule has 2 saturated carbocycles. The Kier molecular flexibility index (Phi) is 5.28. The summed E-state index contributed by atoms with van der Waals surface area (Å²) in [7, 11) is -3.27. The van der Waals surface area contributed by atoms with Gasteiger partial charge < -0.3 is 20.3 Å². The molecule has 1 unspecified atom stereocenters. The first kappa shape index (κ1) is 19.1. The molecule has 1 aromatic rings. The van der Waals surface area contributed by atoms with E-state index in [0.29, 0.717) is 25.1 Å². The van der Waals surface area contributed by atoms with Gasteiger partial charge in [0.05, 0.1) is 23.7 Å². The Balaban J connectivity index is 1.64. The highest BCUT2D eigenvalue weighted by Crippen LogP contribution is 2.39. The fourth-order valence-corrected chi connectivity index (χ4v) is 3.97. The molecule has 2 fully saturated rings. The maximum Gasteiger partial charge on any atom is 0.223 e. The molecule has 0 heterocycles. The number of amides is 1. The molecule has 1 amide bonds. The van der Waals surface area contributed by atoms with Crippen LogP contribution in [0.15, 0.2) is 29.2 Å². The molecule has 0 radical (unpaired) electrons. The normalized spacial score (nSPS) is 28.7. The van der Waals surface area contributed by atoms with Gasteiger partial charge in [0.25, 0.3) is 0 Å². The molecule has 26 heavy (non-hydrogen) atoms. The number of benzene rings is 1. The molecular weight excluding hydrogens is 358 g/mol. The van der Waals surface area contributed by atoms with Gasteiger partial charge in [-0.2, -0.15) is 0 Å². The average molecular weight is 383 g/mol. The van der Waals surface area contributed by atoms with E-state index in [0.717, 1.165) is 19.1 Å². The number of aliphatic hydroxyl groups is 2. The Bertz CT molecular complexity index is 746. The first-order chi connectivity index (χ1) is 12.2. The zero-order chi connectivity index (χ0) is 18.9.